The molecule has 1 aliphatic carbocycles. The van der Waals surface area contributed by atoms with Crippen molar-refractivity contribution in [1.29, 1.82) is 0 Å². The molecule has 0 saturated heterocycles. The Labute approximate surface area is 112 Å². The molecule has 18 heavy (non-hydrogen) atoms. The summed E-state index contributed by atoms with van der Waals surface area (Å²) in [7, 11) is 0. The zero-order valence-electron chi connectivity index (χ0n) is 12.5. The predicted molar refractivity (Wildman–Crippen MR) is 76.2 cm³/mol. The highest BCUT2D eigenvalue weighted by Crippen LogP contribution is 2.27. The van der Waals surface area contributed by atoms with Crippen molar-refractivity contribution in [1.82, 2.24) is 5.32 Å². The molecule has 3 nitrogen and oxygen atoms in total. The number of nitrogens with one attached hydrogen (secondary N) is 1. The lowest BCUT2D eigenvalue weighted by Crippen LogP contribution is -2.40. The molecule has 1 rings (SSSR count). The summed E-state index contributed by atoms with van der Waals surface area (Å²) in [4.78, 5) is 11.9. The van der Waals surface area contributed by atoms with E-state index in [4.69, 9.17) is 5.73 Å². The maximum Gasteiger partial charge on any atom is 0.221 e. The summed E-state index contributed by atoms with van der Waals surface area (Å²) in [5.41, 5.74) is 6.22. The lowest BCUT2D eigenvalue weighted by Gasteiger charge is -2.24. The summed E-state index contributed by atoms with van der Waals surface area (Å²) in [5.74, 6) is 0.791. The summed E-state index contributed by atoms with van der Waals surface area (Å²) in [6.07, 6.45) is 6.49. The van der Waals surface area contributed by atoms with Crippen LogP contribution in [0, 0.1) is 11.3 Å². The molecule has 1 saturated carbocycles. The molecule has 1 aliphatic rings. The average molecular weight is 254 g/mol. The van der Waals surface area contributed by atoms with Gasteiger partial charge in [-0.25, -0.2) is 0 Å². The zero-order chi connectivity index (χ0) is 13.8. The van der Waals surface area contributed by atoms with Crippen LogP contribution in [0.2, 0.25) is 0 Å². The van der Waals surface area contributed by atoms with E-state index in [0.717, 1.165) is 6.42 Å². The first-order chi connectivity index (χ1) is 8.28. The average Bonchev–Trinajstić information content (AvgIpc) is 2.65. The Balaban J connectivity index is 2.27. The third kappa shape index (κ3) is 5.85. The molecule has 0 heterocycles. The van der Waals surface area contributed by atoms with Crippen molar-refractivity contribution in [3.8, 4) is 0 Å². The van der Waals surface area contributed by atoms with Crippen LogP contribution in [0.15, 0.2) is 0 Å². The number of nitrogens with two attached hydrogens (primary N) is 1. The molecule has 3 N–H and O–H groups in total. The second kappa shape index (κ2) is 6.55. The third-order valence-corrected chi connectivity index (χ3v) is 3.82. The Morgan fingerprint density at radius 3 is 2.39 bits per heavy atom. The molecule has 2 atom stereocenters. The van der Waals surface area contributed by atoms with Gasteiger partial charge < -0.3 is 11.1 Å². The lowest BCUT2D eigenvalue weighted by molar-refractivity contribution is -0.122. The largest absolute Gasteiger partial charge is 0.353 e. The summed E-state index contributed by atoms with van der Waals surface area (Å²) in [6.45, 7) is 8.60. The molecule has 3 heteroatoms. The van der Waals surface area contributed by atoms with Gasteiger partial charge in [0.15, 0.2) is 0 Å². The Kier molecular flexibility index (Phi) is 5.64. The fourth-order valence-electron chi connectivity index (χ4n) is 2.98. The number of hydrogen-bond acceptors (Lipinski definition) is 2. The van der Waals surface area contributed by atoms with Gasteiger partial charge in [0.05, 0.1) is 0 Å². The van der Waals surface area contributed by atoms with E-state index in [0.29, 0.717) is 18.4 Å². The second-order valence-corrected chi connectivity index (χ2v) is 7.13. The quantitative estimate of drug-likeness (QED) is 0.792. The monoisotopic (exact) mass is 254 g/mol. The molecular weight excluding hydrogens is 224 g/mol. The first-order valence-corrected chi connectivity index (χ1v) is 7.33. The SMILES string of the molecule is CC(NC(=O)CC(N)CC(C)(C)C)C1CCCC1. The molecule has 2 unspecified atom stereocenters. The molecule has 0 radical (unpaired) electrons. The first kappa shape index (κ1) is 15.5. The van der Waals surface area contributed by atoms with E-state index >= 15 is 0 Å². The molecule has 0 aromatic heterocycles. The molecule has 0 spiro atoms. The zero-order valence-corrected chi connectivity index (χ0v) is 12.5. The van der Waals surface area contributed by atoms with E-state index in [-0.39, 0.29) is 17.4 Å². The van der Waals surface area contributed by atoms with Crippen LogP contribution in [0.3, 0.4) is 0 Å². The highest BCUT2D eigenvalue weighted by Gasteiger charge is 2.24. The van der Waals surface area contributed by atoms with Crippen molar-refractivity contribution in [2.75, 3.05) is 0 Å². The molecule has 106 valence electrons. The minimum Gasteiger partial charge on any atom is -0.353 e. The number of carbonyl (C=O) groups excluding carboxylic acids is 1. The second-order valence-electron chi connectivity index (χ2n) is 7.13. The van der Waals surface area contributed by atoms with E-state index in [2.05, 4.69) is 33.0 Å². The Bertz CT molecular complexity index is 264. The minimum atomic E-state index is -0.0271. The normalized spacial score (nSPS) is 20.7. The highest BCUT2D eigenvalue weighted by atomic mass is 16.1. The van der Waals surface area contributed by atoms with Crippen molar-refractivity contribution in [3.05, 3.63) is 0 Å². The van der Waals surface area contributed by atoms with E-state index < -0.39 is 0 Å². The maximum atomic E-state index is 11.9. The lowest BCUT2D eigenvalue weighted by atomic mass is 9.87. The Morgan fingerprint density at radius 2 is 1.89 bits per heavy atom. The topological polar surface area (TPSA) is 55.1 Å². The fraction of sp³-hybridized carbons (Fsp3) is 0.933. The van der Waals surface area contributed by atoms with Crippen molar-refractivity contribution in [2.45, 2.75) is 78.3 Å². The van der Waals surface area contributed by atoms with Gasteiger partial charge in [0.25, 0.3) is 0 Å². The first-order valence-electron chi connectivity index (χ1n) is 7.33. The van der Waals surface area contributed by atoms with E-state index in [9.17, 15) is 4.79 Å². The number of carbonyl (C=O) groups is 1. The standard InChI is InChI=1S/C15H30N2O/c1-11(12-7-5-6-8-12)17-14(18)9-13(16)10-15(2,3)4/h11-13H,5-10,16H2,1-4H3,(H,17,18). The van der Waals surface area contributed by atoms with Crippen LogP contribution in [0.5, 0.6) is 0 Å². The molecular formula is C15H30N2O. The van der Waals surface area contributed by atoms with E-state index in [1.165, 1.54) is 25.7 Å². The maximum absolute atomic E-state index is 11.9. The van der Waals surface area contributed by atoms with E-state index in [1.54, 1.807) is 0 Å². The molecule has 0 aromatic carbocycles. The van der Waals surface area contributed by atoms with Crippen molar-refractivity contribution >= 4 is 5.91 Å². The molecule has 1 amide bonds. The number of hydrogen-bond donors (Lipinski definition) is 2. The molecule has 0 aromatic rings. The Hall–Kier alpha value is -0.570. The van der Waals surface area contributed by atoms with Crippen LogP contribution in [0.25, 0.3) is 0 Å². The van der Waals surface area contributed by atoms with Gasteiger partial charge in [0.2, 0.25) is 5.91 Å². The van der Waals surface area contributed by atoms with Gasteiger partial charge >= 0.3 is 0 Å². The molecule has 0 aliphatic heterocycles. The van der Waals surface area contributed by atoms with Crippen molar-refractivity contribution in [2.24, 2.45) is 17.1 Å². The van der Waals surface area contributed by atoms with Crippen LogP contribution in [-0.4, -0.2) is 18.0 Å². The summed E-state index contributed by atoms with van der Waals surface area (Å²) >= 11 is 0. The van der Waals surface area contributed by atoms with Gasteiger partial charge in [-0.3, -0.25) is 4.79 Å². The highest BCUT2D eigenvalue weighted by molar-refractivity contribution is 5.76. The summed E-state index contributed by atoms with van der Waals surface area (Å²) in [5, 5.41) is 3.12. The minimum absolute atomic E-state index is 0.0271. The van der Waals surface area contributed by atoms with Gasteiger partial charge in [-0.05, 0) is 37.5 Å². The number of rotatable bonds is 5. The van der Waals surface area contributed by atoms with Gasteiger partial charge in [-0.15, -0.1) is 0 Å². The van der Waals surface area contributed by atoms with Crippen LogP contribution in [0.4, 0.5) is 0 Å². The van der Waals surface area contributed by atoms with Gasteiger partial charge in [-0.1, -0.05) is 33.6 Å². The molecule has 1 fully saturated rings. The van der Waals surface area contributed by atoms with Gasteiger partial charge in [0.1, 0.15) is 0 Å². The number of amides is 1. The van der Waals surface area contributed by atoms with Gasteiger partial charge in [0, 0.05) is 18.5 Å². The van der Waals surface area contributed by atoms with Crippen molar-refractivity contribution in [3.63, 3.8) is 0 Å². The van der Waals surface area contributed by atoms with Crippen LogP contribution in [0.1, 0.15) is 66.2 Å². The third-order valence-electron chi connectivity index (χ3n) is 3.82. The smallest absolute Gasteiger partial charge is 0.221 e. The predicted octanol–water partition coefficient (Wildman–Crippen LogP) is 2.83. The summed E-state index contributed by atoms with van der Waals surface area (Å²) in [6, 6.07) is 0.280. The molecule has 0 bridgehead atoms. The summed E-state index contributed by atoms with van der Waals surface area (Å²) < 4.78 is 0. The van der Waals surface area contributed by atoms with Crippen LogP contribution >= 0.6 is 0 Å². The van der Waals surface area contributed by atoms with Gasteiger partial charge in [-0.2, -0.15) is 0 Å². The Morgan fingerprint density at radius 1 is 1.33 bits per heavy atom. The fourth-order valence-corrected chi connectivity index (χ4v) is 2.98. The van der Waals surface area contributed by atoms with Crippen LogP contribution in [-0.2, 0) is 4.79 Å². The van der Waals surface area contributed by atoms with E-state index in [1.807, 2.05) is 0 Å². The van der Waals surface area contributed by atoms with Crippen molar-refractivity contribution < 1.29 is 4.79 Å². The van der Waals surface area contributed by atoms with Crippen LogP contribution < -0.4 is 11.1 Å².